The lowest BCUT2D eigenvalue weighted by atomic mass is 10.0. The number of nitrogens with one attached hydrogen (secondary N) is 1. The zero-order valence-electron chi connectivity index (χ0n) is 12.1. The highest BCUT2D eigenvalue weighted by atomic mass is 16.4. The molecule has 0 aromatic heterocycles. The third-order valence-corrected chi connectivity index (χ3v) is 3.45. The quantitative estimate of drug-likeness (QED) is 0.715. The van der Waals surface area contributed by atoms with Crippen molar-refractivity contribution in [3.63, 3.8) is 0 Å². The minimum atomic E-state index is -0.724. The molecular weight excluding hydrogens is 252 g/mol. The smallest absolute Gasteiger partial charge is 0.303 e. The Kier molecular flexibility index (Phi) is 6.75. The van der Waals surface area contributed by atoms with Crippen LogP contribution >= 0.6 is 0 Å². The topological polar surface area (TPSA) is 73.1 Å². The first-order chi connectivity index (χ1) is 9.52. The zero-order valence-corrected chi connectivity index (χ0v) is 12.1. The van der Waals surface area contributed by atoms with Crippen LogP contribution in [0.3, 0.4) is 0 Å². The molecule has 0 bridgehead atoms. The Morgan fingerprint density at radius 2 is 2.20 bits per heavy atom. The van der Waals surface area contributed by atoms with E-state index in [2.05, 4.69) is 18.3 Å². The van der Waals surface area contributed by atoms with Gasteiger partial charge in [0.25, 0.3) is 0 Å². The average molecular weight is 274 g/mol. The molecule has 4 nitrogen and oxygen atoms in total. The van der Waals surface area contributed by atoms with Crippen LogP contribution in [0.25, 0.3) is 0 Å². The lowest BCUT2D eigenvalue weighted by molar-refractivity contribution is -0.137. The summed E-state index contributed by atoms with van der Waals surface area (Å²) in [5, 5.41) is 20.8. The number of benzene rings is 1. The van der Waals surface area contributed by atoms with E-state index in [0.29, 0.717) is 11.5 Å². The number of aryl methyl sites for hydroxylation is 1. The van der Waals surface area contributed by atoms with Gasteiger partial charge in [0.15, 0.2) is 0 Å². The van der Waals surface area contributed by atoms with Crippen molar-refractivity contribution in [1.29, 1.82) is 5.26 Å². The number of nitrogens with zero attached hydrogens (tertiary/aromatic N) is 1. The van der Waals surface area contributed by atoms with Crippen LogP contribution in [-0.2, 0) is 11.3 Å². The van der Waals surface area contributed by atoms with Crippen LogP contribution in [0.5, 0.6) is 0 Å². The Hall–Kier alpha value is -1.86. The number of carbonyl (C=O) groups is 1. The van der Waals surface area contributed by atoms with Gasteiger partial charge in [0.1, 0.15) is 0 Å². The zero-order chi connectivity index (χ0) is 15.0. The van der Waals surface area contributed by atoms with Gasteiger partial charge >= 0.3 is 5.97 Å². The van der Waals surface area contributed by atoms with Crippen molar-refractivity contribution in [3.8, 4) is 6.07 Å². The fourth-order valence-corrected chi connectivity index (χ4v) is 2.05. The lowest BCUT2D eigenvalue weighted by Gasteiger charge is -2.12. The fraction of sp³-hybridized carbons (Fsp3) is 0.500. The third kappa shape index (κ3) is 5.85. The Morgan fingerprint density at radius 3 is 2.80 bits per heavy atom. The Bertz CT molecular complexity index is 492. The largest absolute Gasteiger partial charge is 0.481 e. The van der Waals surface area contributed by atoms with Crippen molar-refractivity contribution in [2.75, 3.05) is 6.54 Å². The summed E-state index contributed by atoms with van der Waals surface area (Å²) in [5.74, 6) is -0.307. The van der Waals surface area contributed by atoms with Crippen LogP contribution < -0.4 is 5.32 Å². The second-order valence-electron chi connectivity index (χ2n) is 5.26. The van der Waals surface area contributed by atoms with Crippen molar-refractivity contribution in [3.05, 3.63) is 34.9 Å². The molecular formula is C16H22N2O2. The van der Waals surface area contributed by atoms with Crippen LogP contribution in [0.1, 0.15) is 42.9 Å². The Labute approximate surface area is 120 Å². The van der Waals surface area contributed by atoms with E-state index in [-0.39, 0.29) is 6.42 Å². The summed E-state index contributed by atoms with van der Waals surface area (Å²) in [6.45, 7) is 5.74. The van der Waals surface area contributed by atoms with Gasteiger partial charge in [0.05, 0.1) is 11.6 Å². The number of hydrogen-bond donors (Lipinski definition) is 2. The molecule has 0 amide bonds. The molecule has 0 radical (unpaired) electrons. The molecule has 0 spiro atoms. The molecule has 4 heteroatoms. The number of nitriles is 1. The summed E-state index contributed by atoms with van der Waals surface area (Å²) in [6.07, 6.45) is 1.95. The fourth-order valence-electron chi connectivity index (χ4n) is 2.05. The van der Waals surface area contributed by atoms with Crippen LogP contribution in [0, 0.1) is 24.2 Å². The Balaban J connectivity index is 2.28. The summed E-state index contributed by atoms with van der Waals surface area (Å²) in [4.78, 5) is 10.5. The third-order valence-electron chi connectivity index (χ3n) is 3.45. The van der Waals surface area contributed by atoms with E-state index in [0.717, 1.165) is 31.5 Å². The van der Waals surface area contributed by atoms with Gasteiger partial charge in [0, 0.05) is 13.0 Å². The van der Waals surface area contributed by atoms with E-state index >= 15 is 0 Å². The molecule has 1 rings (SSSR count). The van der Waals surface area contributed by atoms with Gasteiger partial charge in [-0.1, -0.05) is 13.0 Å². The van der Waals surface area contributed by atoms with Gasteiger partial charge in [-0.05, 0) is 55.5 Å². The highest BCUT2D eigenvalue weighted by Gasteiger charge is 2.05. The van der Waals surface area contributed by atoms with Gasteiger partial charge < -0.3 is 10.4 Å². The first-order valence-corrected chi connectivity index (χ1v) is 6.95. The first-order valence-electron chi connectivity index (χ1n) is 6.95. The molecule has 0 aliphatic rings. The van der Waals surface area contributed by atoms with E-state index in [4.69, 9.17) is 10.4 Å². The minimum absolute atomic E-state index is 0.246. The van der Waals surface area contributed by atoms with E-state index in [1.54, 1.807) is 0 Å². The number of carboxylic acid groups (broad SMARTS) is 1. The number of aliphatic carboxylic acids is 1. The second-order valence-corrected chi connectivity index (χ2v) is 5.26. The molecule has 0 fully saturated rings. The molecule has 0 saturated carbocycles. The molecule has 20 heavy (non-hydrogen) atoms. The van der Waals surface area contributed by atoms with Crippen LogP contribution in [0.15, 0.2) is 18.2 Å². The van der Waals surface area contributed by atoms with E-state index in [1.165, 1.54) is 5.56 Å². The minimum Gasteiger partial charge on any atom is -0.481 e. The molecule has 2 N–H and O–H groups in total. The first kappa shape index (κ1) is 16.2. The summed E-state index contributed by atoms with van der Waals surface area (Å²) in [7, 11) is 0. The maximum absolute atomic E-state index is 10.5. The molecule has 1 aromatic rings. The summed E-state index contributed by atoms with van der Waals surface area (Å²) in [6, 6.07) is 7.84. The van der Waals surface area contributed by atoms with Gasteiger partial charge in [-0.3, -0.25) is 4.79 Å². The van der Waals surface area contributed by atoms with Crippen molar-refractivity contribution in [2.45, 2.75) is 39.7 Å². The predicted octanol–water partition coefficient (Wildman–Crippen LogP) is 2.85. The molecule has 0 aliphatic heterocycles. The summed E-state index contributed by atoms with van der Waals surface area (Å²) in [5.41, 5.74) is 3.01. The normalized spacial score (nSPS) is 11.8. The summed E-state index contributed by atoms with van der Waals surface area (Å²) < 4.78 is 0. The van der Waals surface area contributed by atoms with Gasteiger partial charge in [-0.2, -0.15) is 5.26 Å². The molecule has 1 unspecified atom stereocenters. The maximum atomic E-state index is 10.5. The predicted molar refractivity (Wildman–Crippen MR) is 78.3 cm³/mol. The summed E-state index contributed by atoms with van der Waals surface area (Å²) >= 11 is 0. The number of rotatable bonds is 8. The lowest BCUT2D eigenvalue weighted by Crippen LogP contribution is -2.18. The molecule has 0 saturated heterocycles. The standard InChI is InChI=1S/C16H22N2O2/c1-12(3-6-16(19)20)7-8-18-11-15-5-4-14(10-17)9-13(15)2/h4-5,9,12,18H,3,6-8,11H2,1-2H3,(H,19,20). The van der Waals surface area contributed by atoms with Crippen molar-refractivity contribution in [1.82, 2.24) is 5.32 Å². The van der Waals surface area contributed by atoms with Crippen molar-refractivity contribution < 1.29 is 9.90 Å². The molecule has 1 aromatic carbocycles. The van der Waals surface area contributed by atoms with Crippen LogP contribution in [0.2, 0.25) is 0 Å². The van der Waals surface area contributed by atoms with E-state index < -0.39 is 5.97 Å². The number of carboxylic acids is 1. The molecule has 0 heterocycles. The maximum Gasteiger partial charge on any atom is 0.303 e. The average Bonchev–Trinajstić information content (AvgIpc) is 2.42. The van der Waals surface area contributed by atoms with Crippen LogP contribution in [-0.4, -0.2) is 17.6 Å². The molecule has 108 valence electrons. The highest BCUT2D eigenvalue weighted by Crippen LogP contribution is 2.12. The van der Waals surface area contributed by atoms with Gasteiger partial charge in [0.2, 0.25) is 0 Å². The second kappa shape index (κ2) is 8.34. The van der Waals surface area contributed by atoms with Crippen molar-refractivity contribution >= 4 is 5.97 Å². The van der Waals surface area contributed by atoms with E-state index in [1.807, 2.05) is 25.1 Å². The molecule has 0 aliphatic carbocycles. The van der Waals surface area contributed by atoms with Gasteiger partial charge in [-0.25, -0.2) is 0 Å². The monoisotopic (exact) mass is 274 g/mol. The van der Waals surface area contributed by atoms with E-state index in [9.17, 15) is 4.79 Å². The molecule has 1 atom stereocenters. The highest BCUT2D eigenvalue weighted by molar-refractivity contribution is 5.66. The van der Waals surface area contributed by atoms with Gasteiger partial charge in [-0.15, -0.1) is 0 Å². The van der Waals surface area contributed by atoms with Crippen LogP contribution in [0.4, 0.5) is 0 Å². The Morgan fingerprint density at radius 1 is 1.45 bits per heavy atom. The SMILES string of the molecule is Cc1cc(C#N)ccc1CNCCC(C)CCC(=O)O. The van der Waals surface area contributed by atoms with Crippen molar-refractivity contribution in [2.24, 2.45) is 5.92 Å². The number of hydrogen-bond acceptors (Lipinski definition) is 3.